The van der Waals surface area contributed by atoms with Gasteiger partial charge in [0.2, 0.25) is 0 Å². The van der Waals surface area contributed by atoms with Crippen LogP contribution in [0.15, 0.2) is 46.2 Å². The van der Waals surface area contributed by atoms with Crippen LogP contribution < -0.4 is 0 Å². The maximum atomic E-state index is 10.0. The molecule has 0 aromatic heterocycles. The summed E-state index contributed by atoms with van der Waals surface area (Å²) in [6, 6.07) is 12.5. The standard InChI is InChI=1S/C15H14OS/c1-10-8-13(16)12-7-6-11-4-2-3-5-14(11)17-15(12)9-10/h2-5,8-9,16H,6-7H2,1H3. The van der Waals surface area contributed by atoms with Crippen LogP contribution in [0.5, 0.6) is 5.75 Å². The highest BCUT2D eigenvalue weighted by molar-refractivity contribution is 7.99. The zero-order valence-electron chi connectivity index (χ0n) is 9.73. The number of rotatable bonds is 0. The summed E-state index contributed by atoms with van der Waals surface area (Å²) in [6.45, 7) is 2.03. The third kappa shape index (κ3) is 1.93. The van der Waals surface area contributed by atoms with Crippen LogP contribution in [0.25, 0.3) is 0 Å². The van der Waals surface area contributed by atoms with E-state index in [4.69, 9.17) is 0 Å². The molecule has 0 saturated heterocycles. The monoisotopic (exact) mass is 242 g/mol. The van der Waals surface area contributed by atoms with Gasteiger partial charge in [-0.3, -0.25) is 0 Å². The van der Waals surface area contributed by atoms with Crippen molar-refractivity contribution in [2.75, 3.05) is 0 Å². The molecule has 1 heterocycles. The van der Waals surface area contributed by atoms with E-state index in [1.807, 2.05) is 13.0 Å². The molecular weight excluding hydrogens is 228 g/mol. The number of phenols is 1. The first-order valence-electron chi connectivity index (χ1n) is 5.82. The lowest BCUT2D eigenvalue weighted by molar-refractivity contribution is 0.465. The molecule has 0 amide bonds. The van der Waals surface area contributed by atoms with Crippen molar-refractivity contribution in [3.63, 3.8) is 0 Å². The van der Waals surface area contributed by atoms with E-state index in [1.165, 1.54) is 15.4 Å². The fourth-order valence-corrected chi connectivity index (χ4v) is 3.55. The SMILES string of the molecule is Cc1cc(O)c2c(c1)Sc1ccccc1CC2. The molecule has 0 unspecified atom stereocenters. The predicted octanol–water partition coefficient (Wildman–Crippen LogP) is 3.95. The number of hydrogen-bond acceptors (Lipinski definition) is 2. The summed E-state index contributed by atoms with van der Waals surface area (Å²) in [4.78, 5) is 2.52. The van der Waals surface area contributed by atoms with Gasteiger partial charge in [0, 0.05) is 15.4 Å². The molecule has 2 aromatic rings. The molecule has 86 valence electrons. The second-order valence-corrected chi connectivity index (χ2v) is 5.55. The van der Waals surface area contributed by atoms with E-state index >= 15 is 0 Å². The van der Waals surface area contributed by atoms with Crippen LogP contribution in [0.3, 0.4) is 0 Å². The van der Waals surface area contributed by atoms with E-state index in [1.54, 1.807) is 11.8 Å². The van der Waals surface area contributed by atoms with Gasteiger partial charge >= 0.3 is 0 Å². The van der Waals surface area contributed by atoms with E-state index in [2.05, 4.69) is 30.3 Å². The minimum absolute atomic E-state index is 0.445. The Morgan fingerprint density at radius 3 is 2.76 bits per heavy atom. The molecule has 0 spiro atoms. The van der Waals surface area contributed by atoms with Gasteiger partial charge in [-0.25, -0.2) is 0 Å². The molecule has 17 heavy (non-hydrogen) atoms. The number of benzene rings is 2. The maximum absolute atomic E-state index is 10.0. The van der Waals surface area contributed by atoms with Crippen LogP contribution >= 0.6 is 11.8 Å². The van der Waals surface area contributed by atoms with Crippen molar-refractivity contribution in [1.82, 2.24) is 0 Å². The second-order valence-electron chi connectivity index (χ2n) is 4.47. The number of aromatic hydroxyl groups is 1. The lowest BCUT2D eigenvalue weighted by atomic mass is 10.0. The quantitative estimate of drug-likeness (QED) is 0.755. The van der Waals surface area contributed by atoms with E-state index in [0.717, 1.165) is 24.0 Å². The molecule has 1 aliphatic rings. The second kappa shape index (κ2) is 4.11. The van der Waals surface area contributed by atoms with Crippen molar-refractivity contribution < 1.29 is 5.11 Å². The van der Waals surface area contributed by atoms with Gasteiger partial charge in [-0.2, -0.15) is 0 Å². The molecule has 1 aliphatic heterocycles. The molecule has 0 aliphatic carbocycles. The van der Waals surface area contributed by atoms with Gasteiger partial charge in [-0.1, -0.05) is 30.0 Å². The highest BCUT2D eigenvalue weighted by atomic mass is 32.2. The van der Waals surface area contributed by atoms with Gasteiger partial charge in [0.25, 0.3) is 0 Å². The first-order valence-corrected chi connectivity index (χ1v) is 6.64. The predicted molar refractivity (Wildman–Crippen MR) is 70.8 cm³/mol. The molecule has 1 nitrogen and oxygen atoms in total. The third-order valence-corrected chi connectivity index (χ3v) is 4.37. The fourth-order valence-electron chi connectivity index (χ4n) is 2.29. The molecule has 0 fully saturated rings. The fraction of sp³-hybridized carbons (Fsp3) is 0.200. The van der Waals surface area contributed by atoms with Crippen LogP contribution in [-0.4, -0.2) is 5.11 Å². The van der Waals surface area contributed by atoms with Crippen molar-refractivity contribution in [2.24, 2.45) is 0 Å². The van der Waals surface area contributed by atoms with E-state index in [0.29, 0.717) is 5.75 Å². The molecule has 3 rings (SSSR count). The van der Waals surface area contributed by atoms with Crippen LogP contribution in [0, 0.1) is 6.92 Å². The van der Waals surface area contributed by atoms with Gasteiger partial charge in [-0.05, 0) is 49.1 Å². The van der Waals surface area contributed by atoms with E-state index < -0.39 is 0 Å². The first kappa shape index (κ1) is 10.7. The Balaban J connectivity index is 2.14. The molecule has 0 radical (unpaired) electrons. The maximum Gasteiger partial charge on any atom is 0.120 e. The summed E-state index contributed by atoms with van der Waals surface area (Å²) in [5.74, 6) is 0.445. The van der Waals surface area contributed by atoms with Gasteiger partial charge in [0.1, 0.15) is 5.75 Å². The summed E-state index contributed by atoms with van der Waals surface area (Å²) in [5.41, 5.74) is 3.59. The largest absolute Gasteiger partial charge is 0.508 e. The van der Waals surface area contributed by atoms with Crippen molar-refractivity contribution >= 4 is 11.8 Å². The number of hydrogen-bond donors (Lipinski definition) is 1. The summed E-state index contributed by atoms with van der Waals surface area (Å²) in [5, 5.41) is 10.0. The van der Waals surface area contributed by atoms with Gasteiger partial charge < -0.3 is 5.11 Å². The Hall–Kier alpha value is -1.41. The zero-order chi connectivity index (χ0) is 11.8. The lowest BCUT2D eigenvalue weighted by Gasteiger charge is -2.08. The minimum atomic E-state index is 0.445. The summed E-state index contributed by atoms with van der Waals surface area (Å²) < 4.78 is 0. The topological polar surface area (TPSA) is 20.2 Å². The van der Waals surface area contributed by atoms with E-state index in [-0.39, 0.29) is 0 Å². The Bertz CT molecular complexity index is 575. The Kier molecular flexibility index (Phi) is 2.60. The van der Waals surface area contributed by atoms with Crippen molar-refractivity contribution in [3.05, 3.63) is 53.1 Å². The molecule has 1 N–H and O–H groups in total. The third-order valence-electron chi connectivity index (χ3n) is 3.17. The summed E-state index contributed by atoms with van der Waals surface area (Å²) >= 11 is 1.77. The molecule has 0 atom stereocenters. The zero-order valence-corrected chi connectivity index (χ0v) is 10.6. The Morgan fingerprint density at radius 1 is 1.06 bits per heavy atom. The smallest absolute Gasteiger partial charge is 0.120 e. The molecule has 2 heteroatoms. The highest BCUT2D eigenvalue weighted by Gasteiger charge is 2.16. The average Bonchev–Trinajstić information content (AvgIpc) is 2.47. The molecule has 0 bridgehead atoms. The number of fused-ring (bicyclic) bond motifs is 2. The summed E-state index contributed by atoms with van der Waals surface area (Å²) in [6.07, 6.45) is 1.93. The normalized spacial score (nSPS) is 13.7. The Labute approximate surface area is 105 Å². The van der Waals surface area contributed by atoms with Gasteiger partial charge in [0.15, 0.2) is 0 Å². The highest BCUT2D eigenvalue weighted by Crippen LogP contribution is 2.40. The molecular formula is C15H14OS. The van der Waals surface area contributed by atoms with Crippen LogP contribution in [-0.2, 0) is 12.8 Å². The minimum Gasteiger partial charge on any atom is -0.508 e. The van der Waals surface area contributed by atoms with Crippen molar-refractivity contribution in [1.29, 1.82) is 0 Å². The van der Waals surface area contributed by atoms with Crippen molar-refractivity contribution in [3.8, 4) is 5.75 Å². The van der Waals surface area contributed by atoms with Crippen LogP contribution in [0.2, 0.25) is 0 Å². The van der Waals surface area contributed by atoms with Gasteiger partial charge in [0.05, 0.1) is 0 Å². The molecule has 0 saturated carbocycles. The van der Waals surface area contributed by atoms with Crippen molar-refractivity contribution in [2.45, 2.75) is 29.6 Å². The van der Waals surface area contributed by atoms with E-state index in [9.17, 15) is 5.11 Å². The first-order chi connectivity index (χ1) is 8.24. The summed E-state index contributed by atoms with van der Waals surface area (Å²) in [7, 11) is 0. The van der Waals surface area contributed by atoms with Crippen LogP contribution in [0.4, 0.5) is 0 Å². The number of phenolic OH excluding ortho intramolecular Hbond substituents is 1. The van der Waals surface area contributed by atoms with Crippen LogP contribution in [0.1, 0.15) is 16.7 Å². The van der Waals surface area contributed by atoms with Gasteiger partial charge in [-0.15, -0.1) is 0 Å². The molecule has 2 aromatic carbocycles. The Morgan fingerprint density at radius 2 is 1.88 bits per heavy atom. The number of aryl methyl sites for hydroxylation is 2. The average molecular weight is 242 g/mol. The lowest BCUT2D eigenvalue weighted by Crippen LogP contribution is -1.91.